The molecular formula is C13H15ClN4O2. The van der Waals surface area contributed by atoms with Crippen LogP contribution < -0.4 is 10.1 Å². The van der Waals surface area contributed by atoms with Crippen LogP contribution in [0.25, 0.3) is 0 Å². The van der Waals surface area contributed by atoms with E-state index >= 15 is 0 Å². The standard InChI is InChI=1S/C13H15ClN4O2/c1-3-19-8-12-17-11(15-2)5-13(18-12)20-10-4-9(14)6-16-7-10/h4-7H,3,8H2,1-2H3,(H,15,17,18). The summed E-state index contributed by atoms with van der Waals surface area (Å²) >= 11 is 5.86. The first-order chi connectivity index (χ1) is 9.71. The Hall–Kier alpha value is -1.92. The van der Waals surface area contributed by atoms with Crippen molar-refractivity contribution in [2.75, 3.05) is 19.0 Å². The number of hydrogen-bond donors (Lipinski definition) is 1. The zero-order valence-electron chi connectivity index (χ0n) is 11.3. The van der Waals surface area contributed by atoms with Crippen molar-refractivity contribution < 1.29 is 9.47 Å². The summed E-state index contributed by atoms with van der Waals surface area (Å²) < 4.78 is 10.9. The van der Waals surface area contributed by atoms with E-state index in [9.17, 15) is 0 Å². The normalized spacial score (nSPS) is 10.3. The van der Waals surface area contributed by atoms with Crippen molar-refractivity contribution in [3.8, 4) is 11.6 Å². The maximum atomic E-state index is 5.86. The summed E-state index contributed by atoms with van der Waals surface area (Å²) in [6.07, 6.45) is 3.10. The van der Waals surface area contributed by atoms with Gasteiger partial charge in [0.2, 0.25) is 5.88 Å². The van der Waals surface area contributed by atoms with Gasteiger partial charge >= 0.3 is 0 Å². The van der Waals surface area contributed by atoms with Crippen molar-refractivity contribution in [1.29, 1.82) is 0 Å². The average molecular weight is 295 g/mol. The van der Waals surface area contributed by atoms with Crippen LogP contribution >= 0.6 is 11.6 Å². The molecule has 0 fully saturated rings. The van der Waals surface area contributed by atoms with Crippen LogP contribution in [0.3, 0.4) is 0 Å². The van der Waals surface area contributed by atoms with Crippen LogP contribution in [0.15, 0.2) is 24.5 Å². The van der Waals surface area contributed by atoms with Gasteiger partial charge in [-0.1, -0.05) is 11.6 Å². The van der Waals surface area contributed by atoms with Crippen molar-refractivity contribution in [3.05, 3.63) is 35.4 Å². The van der Waals surface area contributed by atoms with Gasteiger partial charge in [0.15, 0.2) is 5.82 Å². The molecule has 0 aliphatic carbocycles. The lowest BCUT2D eigenvalue weighted by atomic mass is 10.4. The van der Waals surface area contributed by atoms with Gasteiger partial charge in [-0.25, -0.2) is 4.98 Å². The summed E-state index contributed by atoms with van der Waals surface area (Å²) in [7, 11) is 1.78. The Balaban J connectivity index is 2.21. The molecule has 0 radical (unpaired) electrons. The van der Waals surface area contributed by atoms with Crippen molar-refractivity contribution in [2.24, 2.45) is 0 Å². The second-order valence-corrected chi connectivity index (χ2v) is 4.27. The quantitative estimate of drug-likeness (QED) is 0.883. The van der Waals surface area contributed by atoms with Gasteiger partial charge in [0, 0.05) is 32.0 Å². The number of anilines is 1. The lowest BCUT2D eigenvalue weighted by Gasteiger charge is -2.09. The number of rotatable bonds is 6. The minimum atomic E-state index is 0.330. The van der Waals surface area contributed by atoms with E-state index in [4.69, 9.17) is 21.1 Å². The van der Waals surface area contributed by atoms with Crippen molar-refractivity contribution >= 4 is 17.4 Å². The molecule has 0 aliphatic rings. The maximum Gasteiger partial charge on any atom is 0.224 e. The fourth-order valence-electron chi connectivity index (χ4n) is 1.48. The van der Waals surface area contributed by atoms with Gasteiger partial charge in [0.1, 0.15) is 18.2 Å². The molecule has 0 saturated heterocycles. The van der Waals surface area contributed by atoms with Gasteiger partial charge in [-0.3, -0.25) is 4.98 Å². The first kappa shape index (κ1) is 14.5. The largest absolute Gasteiger partial charge is 0.437 e. The molecule has 2 aromatic heterocycles. The number of nitrogens with zero attached hydrogens (tertiary/aromatic N) is 3. The van der Waals surface area contributed by atoms with Crippen molar-refractivity contribution in [1.82, 2.24) is 15.0 Å². The predicted octanol–water partition coefficient (Wildman–Crippen LogP) is 2.90. The highest BCUT2D eigenvalue weighted by Crippen LogP contribution is 2.23. The van der Waals surface area contributed by atoms with Crippen LogP contribution in [0.2, 0.25) is 5.02 Å². The number of pyridine rings is 1. The molecule has 0 aromatic carbocycles. The minimum absolute atomic E-state index is 0.330. The number of aromatic nitrogens is 3. The number of ether oxygens (including phenoxy) is 2. The first-order valence-corrected chi connectivity index (χ1v) is 6.51. The fourth-order valence-corrected chi connectivity index (χ4v) is 1.64. The molecule has 2 aromatic rings. The molecule has 20 heavy (non-hydrogen) atoms. The highest BCUT2D eigenvalue weighted by Gasteiger charge is 2.07. The van der Waals surface area contributed by atoms with Gasteiger partial charge in [-0.15, -0.1) is 0 Å². The number of halogens is 1. The molecule has 0 aliphatic heterocycles. The molecule has 0 unspecified atom stereocenters. The SMILES string of the molecule is CCOCc1nc(NC)cc(Oc2cncc(Cl)c2)n1. The Morgan fingerprint density at radius 1 is 1.25 bits per heavy atom. The van der Waals surface area contributed by atoms with Gasteiger partial charge in [-0.2, -0.15) is 4.98 Å². The van der Waals surface area contributed by atoms with Crippen LogP contribution in [0.4, 0.5) is 5.82 Å². The third kappa shape index (κ3) is 4.04. The van der Waals surface area contributed by atoms with E-state index in [1.54, 1.807) is 25.4 Å². The lowest BCUT2D eigenvalue weighted by Crippen LogP contribution is -2.04. The summed E-state index contributed by atoms with van der Waals surface area (Å²) in [5.74, 6) is 2.12. The van der Waals surface area contributed by atoms with Crippen LogP contribution in [0.1, 0.15) is 12.7 Å². The Morgan fingerprint density at radius 3 is 2.80 bits per heavy atom. The van der Waals surface area contributed by atoms with E-state index in [2.05, 4.69) is 20.3 Å². The molecular weight excluding hydrogens is 280 g/mol. The second kappa shape index (κ2) is 7.02. The molecule has 0 atom stereocenters. The molecule has 0 saturated carbocycles. The van der Waals surface area contributed by atoms with Gasteiger partial charge < -0.3 is 14.8 Å². The molecule has 6 nitrogen and oxygen atoms in total. The molecule has 1 N–H and O–H groups in total. The summed E-state index contributed by atoms with van der Waals surface area (Å²) in [6, 6.07) is 3.36. The second-order valence-electron chi connectivity index (χ2n) is 3.84. The highest BCUT2D eigenvalue weighted by molar-refractivity contribution is 6.30. The lowest BCUT2D eigenvalue weighted by molar-refractivity contribution is 0.128. The molecule has 2 rings (SSSR count). The third-order valence-electron chi connectivity index (χ3n) is 2.34. The Bertz CT molecular complexity index is 580. The van der Waals surface area contributed by atoms with E-state index in [1.807, 2.05) is 6.92 Å². The Morgan fingerprint density at radius 2 is 2.10 bits per heavy atom. The molecule has 106 valence electrons. The van der Waals surface area contributed by atoms with Gasteiger partial charge in [-0.05, 0) is 6.92 Å². The molecule has 0 spiro atoms. The number of hydrogen-bond acceptors (Lipinski definition) is 6. The van der Waals surface area contributed by atoms with Crippen LogP contribution in [-0.2, 0) is 11.3 Å². The maximum absolute atomic E-state index is 5.86. The smallest absolute Gasteiger partial charge is 0.224 e. The molecule has 0 bridgehead atoms. The van der Waals surface area contributed by atoms with Crippen LogP contribution in [0.5, 0.6) is 11.6 Å². The van der Waals surface area contributed by atoms with Crippen molar-refractivity contribution in [3.63, 3.8) is 0 Å². The summed E-state index contributed by atoms with van der Waals surface area (Å²) in [5, 5.41) is 3.45. The van der Waals surface area contributed by atoms with Crippen LogP contribution in [0, 0.1) is 0 Å². The van der Waals surface area contributed by atoms with E-state index in [-0.39, 0.29) is 0 Å². The zero-order valence-corrected chi connectivity index (χ0v) is 12.0. The van der Waals surface area contributed by atoms with Gasteiger partial charge in [0.25, 0.3) is 0 Å². The topological polar surface area (TPSA) is 69.2 Å². The highest BCUT2D eigenvalue weighted by atomic mass is 35.5. The third-order valence-corrected chi connectivity index (χ3v) is 2.55. The average Bonchev–Trinajstić information content (AvgIpc) is 2.45. The summed E-state index contributed by atoms with van der Waals surface area (Å²) in [5.41, 5.74) is 0. The summed E-state index contributed by atoms with van der Waals surface area (Å²) in [6.45, 7) is 2.84. The molecule has 0 amide bonds. The van der Waals surface area contributed by atoms with E-state index in [0.29, 0.717) is 41.5 Å². The van der Waals surface area contributed by atoms with E-state index in [1.165, 1.54) is 6.20 Å². The molecule has 2 heterocycles. The van der Waals surface area contributed by atoms with E-state index in [0.717, 1.165) is 0 Å². The Kier molecular flexibility index (Phi) is 5.09. The first-order valence-electron chi connectivity index (χ1n) is 6.13. The van der Waals surface area contributed by atoms with Crippen LogP contribution in [-0.4, -0.2) is 28.6 Å². The predicted molar refractivity (Wildman–Crippen MR) is 76.2 cm³/mol. The minimum Gasteiger partial charge on any atom is -0.437 e. The Labute approximate surface area is 122 Å². The van der Waals surface area contributed by atoms with Crippen molar-refractivity contribution in [2.45, 2.75) is 13.5 Å². The number of nitrogens with one attached hydrogen (secondary N) is 1. The summed E-state index contributed by atoms with van der Waals surface area (Å²) in [4.78, 5) is 12.5. The monoisotopic (exact) mass is 294 g/mol. The molecule has 7 heteroatoms. The van der Waals surface area contributed by atoms with E-state index < -0.39 is 0 Å². The van der Waals surface area contributed by atoms with Gasteiger partial charge in [0.05, 0.1) is 11.2 Å². The zero-order chi connectivity index (χ0) is 14.4. The fraction of sp³-hybridized carbons (Fsp3) is 0.308.